The lowest BCUT2D eigenvalue weighted by Crippen LogP contribution is -2.09. The van der Waals surface area contributed by atoms with Crippen LogP contribution in [0, 0.1) is 0 Å². The van der Waals surface area contributed by atoms with Gasteiger partial charge in [0.15, 0.2) is 11.5 Å². The molecule has 0 spiro atoms. The zero-order valence-electron chi connectivity index (χ0n) is 12.2. The molecule has 0 saturated heterocycles. The van der Waals surface area contributed by atoms with E-state index in [9.17, 15) is 0 Å². The number of nitrogens with two attached hydrogens (primary N) is 1. The number of rotatable bonds is 7. The lowest BCUT2D eigenvalue weighted by molar-refractivity contribution is 0.211. The third kappa shape index (κ3) is 3.95. The van der Waals surface area contributed by atoms with E-state index in [1.807, 2.05) is 24.3 Å². The minimum atomic E-state index is 0.407. The third-order valence-electron chi connectivity index (χ3n) is 2.88. The molecule has 2 N–H and O–H groups in total. The second-order valence-electron chi connectivity index (χ2n) is 4.25. The van der Waals surface area contributed by atoms with Gasteiger partial charge in [-0.2, -0.15) is 0 Å². The maximum Gasteiger partial charge on any atom is 0.161 e. The van der Waals surface area contributed by atoms with Gasteiger partial charge >= 0.3 is 0 Å². The topological polar surface area (TPSA) is 62.9 Å². The van der Waals surface area contributed by atoms with Gasteiger partial charge in [0.1, 0.15) is 24.7 Å². The van der Waals surface area contributed by atoms with Crippen LogP contribution < -0.4 is 24.7 Å². The van der Waals surface area contributed by atoms with Crippen LogP contribution in [0.15, 0.2) is 42.5 Å². The van der Waals surface area contributed by atoms with Gasteiger partial charge in [0.2, 0.25) is 0 Å². The van der Waals surface area contributed by atoms with Crippen LogP contribution in [-0.4, -0.2) is 27.4 Å². The van der Waals surface area contributed by atoms with Gasteiger partial charge in [-0.25, -0.2) is 0 Å². The SMILES string of the molecule is COc1ccc(OCCOc2ccccc2OC)cc1N. The van der Waals surface area contributed by atoms with Crippen molar-refractivity contribution in [3.8, 4) is 23.0 Å². The fourth-order valence-electron chi connectivity index (χ4n) is 1.85. The number of methoxy groups -OCH3 is 2. The molecule has 5 heteroatoms. The molecular weight excluding hydrogens is 270 g/mol. The number of hydrogen-bond acceptors (Lipinski definition) is 5. The average Bonchev–Trinajstić information content (AvgIpc) is 2.52. The Balaban J connectivity index is 1.83. The van der Waals surface area contributed by atoms with Crippen LogP contribution >= 0.6 is 0 Å². The summed E-state index contributed by atoms with van der Waals surface area (Å²) in [6.07, 6.45) is 0. The zero-order valence-corrected chi connectivity index (χ0v) is 12.2. The zero-order chi connectivity index (χ0) is 15.1. The average molecular weight is 289 g/mol. The summed E-state index contributed by atoms with van der Waals surface area (Å²) in [7, 11) is 3.19. The molecule has 0 amide bonds. The fourth-order valence-corrected chi connectivity index (χ4v) is 1.85. The summed E-state index contributed by atoms with van der Waals surface area (Å²) >= 11 is 0. The Bertz CT molecular complexity index is 586. The number of benzene rings is 2. The number of anilines is 1. The lowest BCUT2D eigenvalue weighted by Gasteiger charge is -2.12. The molecule has 112 valence electrons. The van der Waals surface area contributed by atoms with Gasteiger partial charge in [-0.05, 0) is 24.3 Å². The standard InChI is InChI=1S/C16H19NO4/c1-18-14-8-7-12(11-13(14)17)20-9-10-21-16-6-4-3-5-15(16)19-2/h3-8,11H,9-10,17H2,1-2H3. The van der Waals surface area contributed by atoms with E-state index in [1.165, 1.54) is 0 Å². The summed E-state index contributed by atoms with van der Waals surface area (Å²) in [5.74, 6) is 2.70. The molecule has 0 aromatic heterocycles. The normalized spacial score (nSPS) is 10.0. The molecule has 0 fully saturated rings. The molecule has 0 radical (unpaired) electrons. The summed E-state index contributed by atoms with van der Waals surface area (Å²) in [5.41, 5.74) is 6.35. The van der Waals surface area contributed by atoms with Gasteiger partial charge in [-0.15, -0.1) is 0 Å². The predicted molar refractivity (Wildman–Crippen MR) is 81.4 cm³/mol. The second kappa shape index (κ2) is 7.28. The van der Waals surface area contributed by atoms with E-state index in [4.69, 9.17) is 24.7 Å². The van der Waals surface area contributed by atoms with Crippen molar-refractivity contribution < 1.29 is 18.9 Å². The van der Waals surface area contributed by atoms with E-state index < -0.39 is 0 Å². The third-order valence-corrected chi connectivity index (χ3v) is 2.88. The molecule has 21 heavy (non-hydrogen) atoms. The number of nitrogen functional groups attached to an aromatic ring is 1. The maximum absolute atomic E-state index is 5.81. The second-order valence-corrected chi connectivity index (χ2v) is 4.25. The molecule has 0 aliphatic rings. The smallest absolute Gasteiger partial charge is 0.161 e. The molecule has 0 bridgehead atoms. The highest BCUT2D eigenvalue weighted by atomic mass is 16.5. The number of para-hydroxylation sites is 2. The summed E-state index contributed by atoms with van der Waals surface area (Å²) in [6.45, 7) is 0.816. The van der Waals surface area contributed by atoms with E-state index in [0.29, 0.717) is 41.9 Å². The number of ether oxygens (including phenoxy) is 4. The van der Waals surface area contributed by atoms with Gasteiger partial charge in [0.05, 0.1) is 19.9 Å². The van der Waals surface area contributed by atoms with E-state index in [1.54, 1.807) is 32.4 Å². The summed E-state index contributed by atoms with van der Waals surface area (Å²) in [5, 5.41) is 0. The van der Waals surface area contributed by atoms with Crippen LogP contribution in [0.3, 0.4) is 0 Å². The molecule has 2 aromatic rings. The lowest BCUT2D eigenvalue weighted by atomic mass is 10.3. The van der Waals surface area contributed by atoms with Gasteiger partial charge < -0.3 is 24.7 Å². The first-order valence-electron chi connectivity index (χ1n) is 6.56. The molecule has 2 rings (SSSR count). The number of hydrogen-bond donors (Lipinski definition) is 1. The Kier molecular flexibility index (Phi) is 5.15. The van der Waals surface area contributed by atoms with Crippen molar-refractivity contribution in [1.82, 2.24) is 0 Å². The van der Waals surface area contributed by atoms with Crippen molar-refractivity contribution in [2.45, 2.75) is 0 Å². The van der Waals surface area contributed by atoms with Crippen molar-refractivity contribution in [3.05, 3.63) is 42.5 Å². The first kappa shape index (κ1) is 14.8. The summed E-state index contributed by atoms with van der Waals surface area (Å²) in [4.78, 5) is 0. The maximum atomic E-state index is 5.81. The Morgan fingerprint density at radius 1 is 0.810 bits per heavy atom. The van der Waals surface area contributed by atoms with E-state index in [0.717, 1.165) is 0 Å². The highest BCUT2D eigenvalue weighted by Gasteiger charge is 2.04. The minimum Gasteiger partial charge on any atom is -0.495 e. The molecule has 0 heterocycles. The van der Waals surface area contributed by atoms with Crippen LogP contribution in [0.4, 0.5) is 5.69 Å². The Hall–Kier alpha value is -2.56. The van der Waals surface area contributed by atoms with Crippen molar-refractivity contribution in [2.24, 2.45) is 0 Å². The molecule has 5 nitrogen and oxygen atoms in total. The highest BCUT2D eigenvalue weighted by molar-refractivity contribution is 5.56. The molecule has 0 saturated carbocycles. The Morgan fingerprint density at radius 3 is 2.14 bits per heavy atom. The van der Waals surface area contributed by atoms with Crippen LogP contribution in [-0.2, 0) is 0 Å². The molecule has 0 atom stereocenters. The van der Waals surface area contributed by atoms with E-state index in [2.05, 4.69) is 0 Å². The van der Waals surface area contributed by atoms with Gasteiger partial charge in [-0.3, -0.25) is 0 Å². The monoisotopic (exact) mass is 289 g/mol. The first-order chi connectivity index (χ1) is 10.2. The van der Waals surface area contributed by atoms with Crippen LogP contribution in [0.5, 0.6) is 23.0 Å². The van der Waals surface area contributed by atoms with E-state index >= 15 is 0 Å². The molecular formula is C16H19NO4. The largest absolute Gasteiger partial charge is 0.495 e. The molecule has 2 aromatic carbocycles. The Labute approximate surface area is 124 Å². The quantitative estimate of drug-likeness (QED) is 0.627. The van der Waals surface area contributed by atoms with Crippen LogP contribution in [0.25, 0.3) is 0 Å². The molecule has 0 aliphatic carbocycles. The predicted octanol–water partition coefficient (Wildman–Crippen LogP) is 2.74. The van der Waals surface area contributed by atoms with E-state index in [-0.39, 0.29) is 0 Å². The van der Waals surface area contributed by atoms with Crippen molar-refractivity contribution >= 4 is 5.69 Å². The van der Waals surface area contributed by atoms with Crippen molar-refractivity contribution in [3.63, 3.8) is 0 Å². The van der Waals surface area contributed by atoms with Crippen LogP contribution in [0.1, 0.15) is 0 Å². The van der Waals surface area contributed by atoms with Gasteiger partial charge in [0.25, 0.3) is 0 Å². The van der Waals surface area contributed by atoms with Gasteiger partial charge in [0, 0.05) is 6.07 Å². The molecule has 0 unspecified atom stereocenters. The fraction of sp³-hybridized carbons (Fsp3) is 0.250. The van der Waals surface area contributed by atoms with Gasteiger partial charge in [-0.1, -0.05) is 12.1 Å². The highest BCUT2D eigenvalue weighted by Crippen LogP contribution is 2.27. The van der Waals surface area contributed by atoms with Crippen molar-refractivity contribution in [1.29, 1.82) is 0 Å². The summed E-state index contributed by atoms with van der Waals surface area (Å²) in [6, 6.07) is 12.8. The van der Waals surface area contributed by atoms with Crippen molar-refractivity contribution in [2.75, 3.05) is 33.2 Å². The minimum absolute atomic E-state index is 0.407. The van der Waals surface area contributed by atoms with Crippen LogP contribution in [0.2, 0.25) is 0 Å². The Morgan fingerprint density at radius 2 is 1.48 bits per heavy atom. The summed E-state index contributed by atoms with van der Waals surface area (Å²) < 4.78 is 21.5. The first-order valence-corrected chi connectivity index (χ1v) is 6.56. The molecule has 0 aliphatic heterocycles.